The molecule has 1 aliphatic carbocycles. The van der Waals surface area contributed by atoms with E-state index in [2.05, 4.69) is 4.18 Å². The highest BCUT2D eigenvalue weighted by Gasteiger charge is 2.75. The van der Waals surface area contributed by atoms with Crippen molar-refractivity contribution in [2.45, 2.75) is 16.7 Å². The first kappa shape index (κ1) is 27.3. The molecule has 1 N–H and O–H groups in total. The van der Waals surface area contributed by atoms with E-state index in [4.69, 9.17) is 18.9 Å². The quantitative estimate of drug-likeness (QED) is 0.327. The summed E-state index contributed by atoms with van der Waals surface area (Å²) >= 11 is 0. The first-order valence-electron chi connectivity index (χ1n) is 11.5. The lowest BCUT2D eigenvalue weighted by Crippen LogP contribution is -2.50. The van der Waals surface area contributed by atoms with Crippen LogP contribution < -0.4 is 18.9 Å². The second-order valence-electron chi connectivity index (χ2n) is 8.81. The summed E-state index contributed by atoms with van der Waals surface area (Å²) < 4.78 is 91.7. The number of halogens is 3. The van der Waals surface area contributed by atoms with Crippen molar-refractivity contribution in [2.24, 2.45) is 0 Å². The van der Waals surface area contributed by atoms with Gasteiger partial charge in [-0.15, -0.1) is 0 Å². The summed E-state index contributed by atoms with van der Waals surface area (Å²) in [6.07, 6.45) is 0. The van der Waals surface area contributed by atoms with Crippen molar-refractivity contribution in [3.63, 3.8) is 0 Å². The number of hydrogen-bond donors (Lipinski definition) is 1. The molecule has 0 bridgehead atoms. The number of benzene rings is 3. The van der Waals surface area contributed by atoms with E-state index in [9.17, 15) is 31.5 Å². The van der Waals surface area contributed by atoms with Crippen molar-refractivity contribution in [3.05, 3.63) is 89.2 Å². The Bertz CT molecular complexity index is 1630. The van der Waals surface area contributed by atoms with E-state index in [0.717, 1.165) is 0 Å². The maximum Gasteiger partial charge on any atom is 0.534 e. The molecule has 9 nitrogen and oxygen atoms in total. The first-order chi connectivity index (χ1) is 18.9. The predicted molar refractivity (Wildman–Crippen MR) is 133 cm³/mol. The van der Waals surface area contributed by atoms with E-state index in [0.29, 0.717) is 5.75 Å². The number of methoxy groups -OCH3 is 3. The average Bonchev–Trinajstić information content (AvgIpc) is 3.30. The number of carbonyl (C=O) groups is 1. The van der Waals surface area contributed by atoms with Crippen LogP contribution in [0.1, 0.15) is 16.7 Å². The Hall–Kier alpha value is -4.23. The summed E-state index contributed by atoms with van der Waals surface area (Å²) in [5.41, 5.74) is -11.6. The zero-order valence-electron chi connectivity index (χ0n) is 21.1. The molecule has 0 fully saturated rings. The smallest absolute Gasteiger partial charge is 0.497 e. The summed E-state index contributed by atoms with van der Waals surface area (Å²) in [5.74, 6) is -2.34. The molecule has 0 saturated carbocycles. The van der Waals surface area contributed by atoms with Gasteiger partial charge in [0.1, 0.15) is 23.0 Å². The molecule has 0 aromatic heterocycles. The van der Waals surface area contributed by atoms with Gasteiger partial charge >= 0.3 is 15.6 Å². The van der Waals surface area contributed by atoms with Crippen LogP contribution in [0, 0.1) is 0 Å². The molecule has 0 spiro atoms. The van der Waals surface area contributed by atoms with Crippen molar-refractivity contribution in [3.8, 4) is 23.0 Å². The van der Waals surface area contributed by atoms with Crippen molar-refractivity contribution in [1.29, 1.82) is 0 Å². The molecule has 13 heteroatoms. The van der Waals surface area contributed by atoms with E-state index in [1.807, 2.05) is 0 Å². The van der Waals surface area contributed by atoms with Crippen LogP contribution in [0.3, 0.4) is 0 Å². The van der Waals surface area contributed by atoms with Gasteiger partial charge in [-0.2, -0.15) is 21.6 Å². The van der Waals surface area contributed by atoms with Crippen LogP contribution in [-0.4, -0.2) is 46.1 Å². The zero-order chi connectivity index (χ0) is 29.1. The highest BCUT2D eigenvalue weighted by atomic mass is 32.2. The molecule has 3 aromatic rings. The van der Waals surface area contributed by atoms with Crippen LogP contribution in [0.5, 0.6) is 23.0 Å². The van der Waals surface area contributed by atoms with E-state index in [-0.39, 0.29) is 33.9 Å². The Labute approximate surface area is 226 Å². The molecule has 0 unspecified atom stereocenters. The van der Waals surface area contributed by atoms with Gasteiger partial charge < -0.3 is 28.2 Å². The number of rotatable bonds is 7. The summed E-state index contributed by atoms with van der Waals surface area (Å²) in [4.78, 5) is 14.1. The van der Waals surface area contributed by atoms with Gasteiger partial charge in [-0.3, -0.25) is 4.79 Å². The van der Waals surface area contributed by atoms with Gasteiger partial charge in [0.15, 0.2) is 5.76 Å². The molecular formula is C27H21F3O9S. The predicted octanol–water partition coefficient (Wildman–Crippen LogP) is 4.05. The lowest BCUT2D eigenvalue weighted by molar-refractivity contribution is -0.147. The molecule has 40 heavy (non-hydrogen) atoms. The molecular weight excluding hydrogens is 557 g/mol. The van der Waals surface area contributed by atoms with Gasteiger partial charge in [0, 0.05) is 17.7 Å². The minimum Gasteiger partial charge on any atom is -0.497 e. The van der Waals surface area contributed by atoms with Crippen LogP contribution in [-0.2, 0) is 30.3 Å². The van der Waals surface area contributed by atoms with Crippen LogP contribution >= 0.6 is 0 Å². The molecule has 2 atom stereocenters. The van der Waals surface area contributed by atoms with Crippen molar-refractivity contribution in [2.75, 3.05) is 21.3 Å². The van der Waals surface area contributed by atoms with Gasteiger partial charge in [-0.05, 0) is 17.7 Å². The third-order valence-electron chi connectivity index (χ3n) is 6.78. The second kappa shape index (κ2) is 9.17. The maximum atomic E-state index is 14.1. The molecule has 1 aliphatic heterocycles. The van der Waals surface area contributed by atoms with E-state index < -0.39 is 43.9 Å². The van der Waals surface area contributed by atoms with Crippen molar-refractivity contribution in [1.82, 2.24) is 0 Å². The van der Waals surface area contributed by atoms with Crippen LogP contribution in [0.4, 0.5) is 13.2 Å². The van der Waals surface area contributed by atoms with Gasteiger partial charge in [0.25, 0.3) is 0 Å². The highest BCUT2D eigenvalue weighted by molar-refractivity contribution is 7.87. The fraction of sp³-hybridized carbons (Fsp3) is 0.222. The van der Waals surface area contributed by atoms with E-state index in [1.165, 1.54) is 82.0 Å². The summed E-state index contributed by atoms with van der Waals surface area (Å²) in [5, 5.41) is 12.4. The largest absolute Gasteiger partial charge is 0.534 e. The van der Waals surface area contributed by atoms with Gasteiger partial charge in [0.2, 0.25) is 17.0 Å². The fourth-order valence-electron chi connectivity index (χ4n) is 5.05. The number of alkyl halides is 3. The third-order valence-corrected chi connectivity index (χ3v) is 7.73. The Balaban J connectivity index is 1.92. The molecule has 210 valence electrons. The Kier molecular flexibility index (Phi) is 6.27. The summed E-state index contributed by atoms with van der Waals surface area (Å²) in [6, 6.07) is 15.9. The van der Waals surface area contributed by atoms with Crippen LogP contribution in [0.25, 0.3) is 5.57 Å². The van der Waals surface area contributed by atoms with E-state index in [1.54, 1.807) is 6.07 Å². The number of aliphatic hydroxyl groups is 1. The molecule has 1 heterocycles. The molecule has 3 aromatic carbocycles. The molecule has 5 rings (SSSR count). The molecule has 0 amide bonds. The van der Waals surface area contributed by atoms with Crippen LogP contribution in [0.2, 0.25) is 0 Å². The van der Waals surface area contributed by atoms with Gasteiger partial charge in [-0.1, -0.05) is 42.5 Å². The Morgan fingerprint density at radius 3 is 2.05 bits per heavy atom. The molecule has 2 aliphatic rings. The number of fused-ring (bicyclic) bond motifs is 3. The first-order valence-corrected chi connectivity index (χ1v) is 12.9. The molecule has 0 saturated heterocycles. The highest BCUT2D eigenvalue weighted by Crippen LogP contribution is 2.67. The molecule has 0 radical (unpaired) electrons. The van der Waals surface area contributed by atoms with Crippen LogP contribution in [0.15, 0.2) is 72.5 Å². The standard InChI is InChI=1S/C27H21F3O9S/c1-35-17-11-9-16(10-12-17)26-21(15-7-5-4-6-8-15)23(39-40(33,34)27(28,29)30)24(31)25(26,32)22-19(37-3)13-18(36-2)14-20(22)38-26/h4-14,32H,1-3H3/t25-,26-/m0/s1. The number of ether oxygens (including phenoxy) is 4. The summed E-state index contributed by atoms with van der Waals surface area (Å²) in [6.45, 7) is 0. The fourth-order valence-corrected chi connectivity index (χ4v) is 5.53. The zero-order valence-corrected chi connectivity index (χ0v) is 21.9. The number of carbonyl (C=O) groups excluding carboxylic acids is 1. The number of ketones is 1. The lowest BCUT2D eigenvalue weighted by Gasteiger charge is -2.36. The lowest BCUT2D eigenvalue weighted by atomic mass is 9.72. The maximum absolute atomic E-state index is 14.1. The Morgan fingerprint density at radius 2 is 1.50 bits per heavy atom. The summed E-state index contributed by atoms with van der Waals surface area (Å²) in [7, 11) is -2.35. The minimum atomic E-state index is -6.35. The van der Waals surface area contributed by atoms with Gasteiger partial charge in [-0.25, -0.2) is 0 Å². The number of hydrogen-bond acceptors (Lipinski definition) is 9. The normalized spacial score (nSPS) is 21.9. The third kappa shape index (κ3) is 3.64. The second-order valence-corrected chi connectivity index (χ2v) is 10.3. The number of Topliss-reactive ketones (excluding diaryl/α,β-unsaturated/α-hetero) is 1. The Morgan fingerprint density at radius 1 is 0.875 bits per heavy atom. The SMILES string of the molecule is COc1ccc([C@@]23Oc4cc(OC)cc(OC)c4[C@]2(O)C(=O)C(OS(=O)(=O)C(F)(F)F)=C3c2ccccc2)cc1. The van der Waals surface area contributed by atoms with E-state index >= 15 is 0 Å². The topological polar surface area (TPSA) is 118 Å². The monoisotopic (exact) mass is 578 g/mol. The van der Waals surface area contributed by atoms with Crippen molar-refractivity contribution >= 4 is 21.5 Å². The van der Waals surface area contributed by atoms with Gasteiger partial charge in [0.05, 0.1) is 32.5 Å². The van der Waals surface area contributed by atoms with Crippen molar-refractivity contribution < 1.29 is 54.6 Å². The minimum absolute atomic E-state index is 0.0497. The average molecular weight is 579 g/mol.